The van der Waals surface area contributed by atoms with E-state index in [9.17, 15) is 9.59 Å². The van der Waals surface area contributed by atoms with Crippen LogP contribution in [0.3, 0.4) is 0 Å². The van der Waals surface area contributed by atoms with Gasteiger partial charge in [-0.2, -0.15) is 10.2 Å². The second-order valence-corrected chi connectivity index (χ2v) is 4.87. The zero-order chi connectivity index (χ0) is 15.7. The van der Waals surface area contributed by atoms with Crippen molar-refractivity contribution in [1.82, 2.24) is 25.3 Å². The first-order valence-electron chi connectivity index (χ1n) is 6.41. The normalized spacial score (nSPS) is 12.2. The Morgan fingerprint density at radius 2 is 2.10 bits per heavy atom. The van der Waals surface area contributed by atoms with E-state index < -0.39 is 17.9 Å². The third-order valence-corrected chi connectivity index (χ3v) is 3.31. The molecule has 0 spiro atoms. The molecule has 8 nitrogen and oxygen atoms in total. The van der Waals surface area contributed by atoms with E-state index in [4.69, 9.17) is 5.11 Å². The number of carbonyl (C=O) groups is 2. The highest BCUT2D eigenvalue weighted by atomic mass is 16.4. The maximum atomic E-state index is 11.9. The van der Waals surface area contributed by atoms with Gasteiger partial charge in [0.2, 0.25) is 0 Å². The Morgan fingerprint density at radius 3 is 2.62 bits per heavy atom. The van der Waals surface area contributed by atoms with Crippen LogP contribution in [0.25, 0.3) is 11.3 Å². The van der Waals surface area contributed by atoms with Crippen molar-refractivity contribution in [3.05, 3.63) is 23.1 Å². The van der Waals surface area contributed by atoms with E-state index in [0.29, 0.717) is 5.69 Å². The lowest BCUT2D eigenvalue weighted by Gasteiger charge is -2.06. The lowest BCUT2D eigenvalue weighted by atomic mass is 10.1. The first kappa shape index (κ1) is 14.8. The summed E-state index contributed by atoms with van der Waals surface area (Å²) in [6.07, 6.45) is 0. The SMILES string of the molecule is Cc1nn(C)c(C)c1-c1cc(C(=O)N[C@@H](C)C(=O)O)[nH]n1. The van der Waals surface area contributed by atoms with Crippen LogP contribution in [0.1, 0.15) is 28.8 Å². The molecule has 0 bridgehead atoms. The molecule has 0 unspecified atom stereocenters. The average Bonchev–Trinajstić information content (AvgIpc) is 2.95. The van der Waals surface area contributed by atoms with Crippen LogP contribution in [-0.4, -0.2) is 43.0 Å². The molecular formula is C13H17N5O3. The van der Waals surface area contributed by atoms with Crippen LogP contribution in [0.4, 0.5) is 0 Å². The number of aromatic amines is 1. The summed E-state index contributed by atoms with van der Waals surface area (Å²) in [5.41, 5.74) is 3.42. The zero-order valence-electron chi connectivity index (χ0n) is 12.3. The van der Waals surface area contributed by atoms with E-state index in [1.165, 1.54) is 6.92 Å². The van der Waals surface area contributed by atoms with E-state index in [1.54, 1.807) is 10.7 Å². The lowest BCUT2D eigenvalue weighted by Crippen LogP contribution is -2.38. The number of rotatable bonds is 4. The number of carbonyl (C=O) groups excluding carboxylic acids is 1. The number of hydrogen-bond donors (Lipinski definition) is 3. The second kappa shape index (κ2) is 5.39. The molecule has 0 saturated carbocycles. The first-order valence-corrected chi connectivity index (χ1v) is 6.41. The Morgan fingerprint density at radius 1 is 1.43 bits per heavy atom. The van der Waals surface area contributed by atoms with Gasteiger partial charge in [0.25, 0.3) is 5.91 Å². The van der Waals surface area contributed by atoms with Crippen LogP contribution in [-0.2, 0) is 11.8 Å². The van der Waals surface area contributed by atoms with E-state index in [0.717, 1.165) is 17.0 Å². The van der Waals surface area contributed by atoms with Crippen molar-refractivity contribution in [3.8, 4) is 11.3 Å². The maximum Gasteiger partial charge on any atom is 0.325 e. The molecule has 0 aliphatic heterocycles. The third kappa shape index (κ3) is 2.78. The molecule has 0 aliphatic carbocycles. The molecule has 3 N–H and O–H groups in total. The summed E-state index contributed by atoms with van der Waals surface area (Å²) in [4.78, 5) is 22.6. The Labute approximate surface area is 121 Å². The summed E-state index contributed by atoms with van der Waals surface area (Å²) < 4.78 is 1.74. The number of aromatic nitrogens is 4. The van der Waals surface area contributed by atoms with E-state index in [1.807, 2.05) is 20.9 Å². The van der Waals surface area contributed by atoms with Crippen molar-refractivity contribution in [2.75, 3.05) is 0 Å². The van der Waals surface area contributed by atoms with Crippen molar-refractivity contribution in [1.29, 1.82) is 0 Å². The number of amides is 1. The number of nitrogens with one attached hydrogen (secondary N) is 2. The zero-order valence-corrected chi connectivity index (χ0v) is 12.3. The molecule has 112 valence electrons. The highest BCUT2D eigenvalue weighted by Crippen LogP contribution is 2.25. The van der Waals surface area contributed by atoms with Gasteiger partial charge < -0.3 is 10.4 Å². The monoisotopic (exact) mass is 291 g/mol. The van der Waals surface area contributed by atoms with Gasteiger partial charge in [-0.15, -0.1) is 0 Å². The van der Waals surface area contributed by atoms with Gasteiger partial charge in [0.15, 0.2) is 0 Å². The maximum absolute atomic E-state index is 11.9. The molecule has 2 heterocycles. The molecule has 0 fully saturated rings. The van der Waals surface area contributed by atoms with E-state index in [2.05, 4.69) is 20.6 Å². The number of H-pyrrole nitrogens is 1. The fraction of sp³-hybridized carbons (Fsp3) is 0.385. The smallest absolute Gasteiger partial charge is 0.325 e. The Bertz CT molecular complexity index is 701. The number of hydrogen-bond acceptors (Lipinski definition) is 4. The standard InChI is InChI=1S/C13H17N5O3/c1-6-11(8(3)18(4)17-6)9-5-10(16-15-9)12(19)14-7(2)13(20)21/h5,7H,1-4H3,(H,14,19)(H,15,16)(H,20,21)/t7-/m0/s1. The molecular weight excluding hydrogens is 274 g/mol. The minimum absolute atomic E-state index is 0.209. The fourth-order valence-corrected chi connectivity index (χ4v) is 2.05. The number of nitrogens with zero attached hydrogens (tertiary/aromatic N) is 3. The van der Waals surface area contributed by atoms with Gasteiger partial charge in [0.1, 0.15) is 11.7 Å². The lowest BCUT2D eigenvalue weighted by molar-refractivity contribution is -0.138. The average molecular weight is 291 g/mol. The molecule has 0 aliphatic rings. The predicted octanol–water partition coefficient (Wildman–Crippen LogP) is 0.630. The minimum atomic E-state index is -1.10. The Kier molecular flexibility index (Phi) is 3.79. The second-order valence-electron chi connectivity index (χ2n) is 4.87. The van der Waals surface area contributed by atoms with Crippen molar-refractivity contribution in [2.24, 2.45) is 7.05 Å². The van der Waals surface area contributed by atoms with E-state index >= 15 is 0 Å². The van der Waals surface area contributed by atoms with Crippen LogP contribution in [0.2, 0.25) is 0 Å². The van der Waals surface area contributed by atoms with Crippen LogP contribution in [0, 0.1) is 13.8 Å². The summed E-state index contributed by atoms with van der Waals surface area (Å²) in [5, 5.41) is 22.2. The number of aliphatic carboxylic acids is 1. The molecule has 2 aromatic heterocycles. The number of carboxylic acid groups (broad SMARTS) is 1. The topological polar surface area (TPSA) is 113 Å². The highest BCUT2D eigenvalue weighted by Gasteiger charge is 2.19. The van der Waals surface area contributed by atoms with Gasteiger partial charge in [-0.05, 0) is 26.8 Å². The highest BCUT2D eigenvalue weighted by molar-refractivity contribution is 5.95. The number of aryl methyl sites for hydroxylation is 2. The Hall–Kier alpha value is -2.64. The molecule has 21 heavy (non-hydrogen) atoms. The summed E-state index contributed by atoms with van der Waals surface area (Å²) in [6.45, 7) is 5.17. The minimum Gasteiger partial charge on any atom is -0.480 e. The molecule has 0 radical (unpaired) electrons. The molecule has 1 amide bonds. The van der Waals surface area contributed by atoms with Gasteiger partial charge in [0.05, 0.1) is 11.4 Å². The van der Waals surface area contributed by atoms with Gasteiger partial charge in [-0.3, -0.25) is 19.4 Å². The van der Waals surface area contributed by atoms with Gasteiger partial charge in [0, 0.05) is 18.3 Å². The van der Waals surface area contributed by atoms with Crippen molar-refractivity contribution >= 4 is 11.9 Å². The molecule has 2 rings (SSSR count). The third-order valence-electron chi connectivity index (χ3n) is 3.31. The van der Waals surface area contributed by atoms with Gasteiger partial charge in [-0.1, -0.05) is 0 Å². The quantitative estimate of drug-likeness (QED) is 0.764. The molecule has 0 aromatic carbocycles. The van der Waals surface area contributed by atoms with Crippen LogP contribution < -0.4 is 5.32 Å². The molecule has 2 aromatic rings. The van der Waals surface area contributed by atoms with Crippen molar-refractivity contribution in [2.45, 2.75) is 26.8 Å². The summed E-state index contributed by atoms with van der Waals surface area (Å²) in [6, 6.07) is 0.618. The van der Waals surface area contributed by atoms with Crippen LogP contribution in [0.15, 0.2) is 6.07 Å². The summed E-state index contributed by atoms with van der Waals surface area (Å²) in [5.74, 6) is -1.61. The first-order chi connectivity index (χ1) is 9.81. The van der Waals surface area contributed by atoms with Crippen LogP contribution in [0.5, 0.6) is 0 Å². The Balaban J connectivity index is 2.26. The molecule has 1 atom stereocenters. The van der Waals surface area contributed by atoms with Crippen molar-refractivity contribution in [3.63, 3.8) is 0 Å². The fourth-order valence-electron chi connectivity index (χ4n) is 2.05. The van der Waals surface area contributed by atoms with Gasteiger partial charge in [-0.25, -0.2) is 0 Å². The predicted molar refractivity (Wildman–Crippen MR) is 74.8 cm³/mol. The summed E-state index contributed by atoms with van der Waals surface area (Å²) in [7, 11) is 1.83. The molecule has 0 saturated heterocycles. The number of carboxylic acids is 1. The van der Waals surface area contributed by atoms with Gasteiger partial charge >= 0.3 is 5.97 Å². The van der Waals surface area contributed by atoms with Crippen LogP contribution >= 0.6 is 0 Å². The molecule has 8 heteroatoms. The van der Waals surface area contributed by atoms with E-state index in [-0.39, 0.29) is 5.69 Å². The van der Waals surface area contributed by atoms with Crippen molar-refractivity contribution < 1.29 is 14.7 Å². The largest absolute Gasteiger partial charge is 0.480 e. The summed E-state index contributed by atoms with van der Waals surface area (Å²) >= 11 is 0.